The number of ether oxygens (including phenoxy) is 3. The summed E-state index contributed by atoms with van der Waals surface area (Å²) in [4.78, 5) is 4.46. The number of nitrogens with zero attached hydrogens (tertiary/aromatic N) is 1. The second-order valence-electron chi connectivity index (χ2n) is 7.75. The van der Waals surface area contributed by atoms with Crippen molar-refractivity contribution in [2.45, 2.75) is 31.7 Å². The second kappa shape index (κ2) is 11.1. The lowest BCUT2D eigenvalue weighted by Gasteiger charge is -2.38. The highest BCUT2D eigenvalue weighted by atomic mass is 127. The molecular formula is C23H28F2IN3O3. The van der Waals surface area contributed by atoms with E-state index in [0.717, 1.165) is 42.0 Å². The highest BCUT2D eigenvalue weighted by Gasteiger charge is 2.35. The standard InChI is InChI=1S/C23H27F2N3O3.HI/c1-2-26-22(27-13-16-11-18(24)4-5-19(16)25)28-14-23(7-9-29-10-8-23)17-3-6-20-21(12-17)31-15-30-20;/h3-6,11-12H,2,7-10,13-15H2,1H3,(H2,26,27,28);1H. The monoisotopic (exact) mass is 559 g/mol. The molecule has 0 aromatic heterocycles. The normalized spacial score (nSPS) is 16.9. The summed E-state index contributed by atoms with van der Waals surface area (Å²) in [6.07, 6.45) is 1.69. The highest BCUT2D eigenvalue weighted by Crippen LogP contribution is 2.40. The number of guanidine groups is 1. The molecule has 0 aliphatic carbocycles. The maximum Gasteiger partial charge on any atom is 0.231 e. The van der Waals surface area contributed by atoms with Gasteiger partial charge in [-0.1, -0.05) is 6.07 Å². The van der Waals surface area contributed by atoms with Crippen LogP contribution in [0.2, 0.25) is 0 Å². The third-order valence-electron chi connectivity index (χ3n) is 5.79. The smallest absolute Gasteiger partial charge is 0.231 e. The molecule has 0 radical (unpaired) electrons. The van der Waals surface area contributed by atoms with Crippen LogP contribution >= 0.6 is 24.0 Å². The Labute approximate surface area is 203 Å². The van der Waals surface area contributed by atoms with Crippen molar-refractivity contribution in [3.05, 3.63) is 59.2 Å². The minimum absolute atomic E-state index is 0. The molecule has 2 heterocycles. The molecule has 4 rings (SSSR count). The Morgan fingerprint density at radius 3 is 2.59 bits per heavy atom. The van der Waals surface area contributed by atoms with Crippen molar-refractivity contribution >= 4 is 29.9 Å². The van der Waals surface area contributed by atoms with Crippen molar-refractivity contribution in [3.8, 4) is 11.5 Å². The van der Waals surface area contributed by atoms with Gasteiger partial charge in [0.2, 0.25) is 6.79 Å². The first-order chi connectivity index (χ1) is 15.1. The van der Waals surface area contributed by atoms with Crippen LogP contribution in [0.1, 0.15) is 30.9 Å². The van der Waals surface area contributed by atoms with Crippen molar-refractivity contribution in [1.82, 2.24) is 10.6 Å². The lowest BCUT2D eigenvalue weighted by Crippen LogP contribution is -2.48. The van der Waals surface area contributed by atoms with Gasteiger partial charge in [0.1, 0.15) is 11.6 Å². The number of benzene rings is 2. The van der Waals surface area contributed by atoms with Crippen LogP contribution in [0.15, 0.2) is 41.4 Å². The molecule has 2 aliphatic rings. The fourth-order valence-corrected chi connectivity index (χ4v) is 3.98. The highest BCUT2D eigenvalue weighted by molar-refractivity contribution is 14.0. The van der Waals surface area contributed by atoms with Crippen molar-refractivity contribution in [1.29, 1.82) is 0 Å². The van der Waals surface area contributed by atoms with Crippen LogP contribution in [-0.4, -0.2) is 39.1 Å². The Kier molecular flexibility index (Phi) is 8.52. The quantitative estimate of drug-likeness (QED) is 0.317. The van der Waals surface area contributed by atoms with E-state index in [1.165, 1.54) is 6.07 Å². The fraction of sp³-hybridized carbons (Fsp3) is 0.435. The van der Waals surface area contributed by atoms with Gasteiger partial charge in [-0.3, -0.25) is 0 Å². The van der Waals surface area contributed by atoms with E-state index in [9.17, 15) is 8.78 Å². The fourth-order valence-electron chi connectivity index (χ4n) is 3.98. The minimum atomic E-state index is -0.478. The third-order valence-corrected chi connectivity index (χ3v) is 5.79. The molecule has 0 amide bonds. The SMILES string of the molecule is CCNC(=NCc1cc(F)ccc1F)NCC1(c2ccc3c(c2)OCO3)CCOCC1.I. The minimum Gasteiger partial charge on any atom is -0.454 e. The third kappa shape index (κ3) is 5.61. The maximum absolute atomic E-state index is 14.0. The molecule has 1 saturated heterocycles. The van der Waals surface area contributed by atoms with Gasteiger partial charge >= 0.3 is 0 Å². The molecule has 2 aromatic rings. The summed E-state index contributed by atoms with van der Waals surface area (Å²) < 4.78 is 44.1. The van der Waals surface area contributed by atoms with Crippen LogP contribution < -0.4 is 20.1 Å². The van der Waals surface area contributed by atoms with E-state index in [1.54, 1.807) is 0 Å². The molecule has 9 heteroatoms. The van der Waals surface area contributed by atoms with E-state index in [-0.39, 0.29) is 48.3 Å². The Morgan fingerprint density at radius 1 is 1.03 bits per heavy atom. The molecular weight excluding hydrogens is 531 g/mol. The number of halogens is 3. The number of nitrogens with one attached hydrogen (secondary N) is 2. The van der Waals surface area contributed by atoms with E-state index >= 15 is 0 Å². The topological polar surface area (TPSA) is 64.1 Å². The average molecular weight is 559 g/mol. The number of rotatable bonds is 6. The summed E-state index contributed by atoms with van der Waals surface area (Å²) >= 11 is 0. The molecule has 2 aliphatic heterocycles. The number of hydrogen-bond donors (Lipinski definition) is 2. The molecule has 6 nitrogen and oxygen atoms in total. The molecule has 174 valence electrons. The van der Waals surface area contributed by atoms with Crippen LogP contribution in [0, 0.1) is 11.6 Å². The summed E-state index contributed by atoms with van der Waals surface area (Å²) in [6, 6.07) is 9.47. The van der Waals surface area contributed by atoms with Gasteiger partial charge in [0.15, 0.2) is 17.5 Å². The predicted octanol–water partition coefficient (Wildman–Crippen LogP) is 4.12. The lowest BCUT2D eigenvalue weighted by molar-refractivity contribution is 0.0513. The van der Waals surface area contributed by atoms with Gasteiger partial charge in [0.25, 0.3) is 0 Å². The zero-order valence-electron chi connectivity index (χ0n) is 18.0. The Morgan fingerprint density at radius 2 is 1.81 bits per heavy atom. The first-order valence-electron chi connectivity index (χ1n) is 10.5. The predicted molar refractivity (Wildman–Crippen MR) is 129 cm³/mol. The maximum atomic E-state index is 14.0. The van der Waals surface area contributed by atoms with Gasteiger partial charge in [-0.25, -0.2) is 13.8 Å². The second-order valence-corrected chi connectivity index (χ2v) is 7.75. The molecule has 0 atom stereocenters. The van der Waals surface area contributed by atoms with E-state index in [1.807, 2.05) is 19.1 Å². The molecule has 2 aromatic carbocycles. The van der Waals surface area contributed by atoms with Gasteiger partial charge in [0.05, 0.1) is 6.54 Å². The van der Waals surface area contributed by atoms with Crippen LogP contribution in [0.3, 0.4) is 0 Å². The van der Waals surface area contributed by atoms with Crippen LogP contribution in [0.4, 0.5) is 8.78 Å². The van der Waals surface area contributed by atoms with Gasteiger partial charge in [-0.15, -0.1) is 24.0 Å². The molecule has 1 fully saturated rings. The van der Waals surface area contributed by atoms with Crippen LogP contribution in [0.25, 0.3) is 0 Å². The van der Waals surface area contributed by atoms with Gasteiger partial charge in [0, 0.05) is 37.3 Å². The number of fused-ring (bicyclic) bond motifs is 1. The van der Waals surface area contributed by atoms with E-state index < -0.39 is 11.6 Å². The van der Waals surface area contributed by atoms with E-state index in [0.29, 0.717) is 32.3 Å². The number of aliphatic imine (C=N–C) groups is 1. The average Bonchev–Trinajstić information content (AvgIpc) is 3.26. The molecule has 0 bridgehead atoms. The Hall–Kier alpha value is -2.14. The first kappa shape index (κ1) is 24.5. The summed E-state index contributed by atoms with van der Waals surface area (Å²) in [7, 11) is 0. The van der Waals surface area contributed by atoms with Crippen molar-refractivity contribution in [2.24, 2.45) is 4.99 Å². The summed E-state index contributed by atoms with van der Waals surface area (Å²) in [6.45, 7) is 4.84. The summed E-state index contributed by atoms with van der Waals surface area (Å²) in [5, 5.41) is 6.58. The molecule has 32 heavy (non-hydrogen) atoms. The zero-order valence-corrected chi connectivity index (χ0v) is 20.3. The van der Waals surface area contributed by atoms with E-state index in [4.69, 9.17) is 14.2 Å². The Balaban J connectivity index is 0.00000289. The van der Waals surface area contributed by atoms with Crippen LogP contribution in [0.5, 0.6) is 11.5 Å². The molecule has 0 saturated carbocycles. The molecule has 0 unspecified atom stereocenters. The summed E-state index contributed by atoms with van der Waals surface area (Å²) in [5.41, 5.74) is 1.20. The van der Waals surface area contributed by atoms with Gasteiger partial charge in [-0.05, 0) is 55.7 Å². The van der Waals surface area contributed by atoms with Crippen molar-refractivity contribution < 1.29 is 23.0 Å². The first-order valence-corrected chi connectivity index (χ1v) is 10.5. The molecule has 0 spiro atoms. The zero-order chi connectivity index (χ0) is 21.7. The van der Waals surface area contributed by atoms with Crippen molar-refractivity contribution in [3.63, 3.8) is 0 Å². The lowest BCUT2D eigenvalue weighted by atomic mass is 9.74. The van der Waals surface area contributed by atoms with E-state index in [2.05, 4.69) is 21.7 Å². The van der Waals surface area contributed by atoms with Crippen molar-refractivity contribution in [2.75, 3.05) is 33.1 Å². The van der Waals surface area contributed by atoms with Crippen LogP contribution in [-0.2, 0) is 16.7 Å². The molecule has 2 N–H and O–H groups in total. The largest absolute Gasteiger partial charge is 0.454 e. The van der Waals surface area contributed by atoms with Gasteiger partial charge in [-0.2, -0.15) is 0 Å². The Bertz CT molecular complexity index is 952. The number of hydrogen-bond acceptors (Lipinski definition) is 4. The van der Waals surface area contributed by atoms with Gasteiger partial charge < -0.3 is 24.8 Å². The summed E-state index contributed by atoms with van der Waals surface area (Å²) in [5.74, 6) is 1.12.